The lowest BCUT2D eigenvalue weighted by Crippen LogP contribution is -2.06. The molecule has 3 nitrogen and oxygen atoms in total. The summed E-state index contributed by atoms with van der Waals surface area (Å²) in [5.41, 5.74) is 1.61. The number of carbonyl (C=O) groups excluding carboxylic acids is 1. The van der Waals surface area contributed by atoms with Gasteiger partial charge in [0.1, 0.15) is 5.71 Å². The van der Waals surface area contributed by atoms with Gasteiger partial charge in [-0.15, -0.1) is 11.6 Å². The first kappa shape index (κ1) is 11.2. The fourth-order valence-electron chi connectivity index (χ4n) is 1.31. The highest BCUT2D eigenvalue weighted by molar-refractivity contribution is 6.38. The van der Waals surface area contributed by atoms with Crippen molar-refractivity contribution in [3.63, 3.8) is 0 Å². The summed E-state index contributed by atoms with van der Waals surface area (Å²) >= 11 is 11.5. The second-order valence-electron chi connectivity index (χ2n) is 3.16. The van der Waals surface area contributed by atoms with Gasteiger partial charge in [-0.05, 0) is 23.8 Å². The molecule has 82 valence electrons. The van der Waals surface area contributed by atoms with Crippen LogP contribution in [0.1, 0.15) is 5.56 Å². The molecule has 0 aromatic heterocycles. The van der Waals surface area contributed by atoms with Crippen LogP contribution in [-0.4, -0.2) is 17.6 Å². The van der Waals surface area contributed by atoms with Crippen molar-refractivity contribution in [3.8, 4) is 0 Å². The SMILES string of the molecule is O=C1ON=C(CCl)C1=Cc1cccc(Cl)c1. The van der Waals surface area contributed by atoms with E-state index in [0.29, 0.717) is 16.3 Å². The van der Waals surface area contributed by atoms with Crippen molar-refractivity contribution in [2.24, 2.45) is 5.16 Å². The largest absolute Gasteiger partial charge is 0.367 e. The van der Waals surface area contributed by atoms with E-state index in [9.17, 15) is 4.79 Å². The van der Waals surface area contributed by atoms with E-state index in [4.69, 9.17) is 23.2 Å². The van der Waals surface area contributed by atoms with Gasteiger partial charge in [-0.25, -0.2) is 4.79 Å². The Morgan fingerprint density at radius 3 is 2.94 bits per heavy atom. The maximum atomic E-state index is 11.3. The molecule has 1 aromatic rings. The van der Waals surface area contributed by atoms with Crippen LogP contribution in [0, 0.1) is 0 Å². The Morgan fingerprint density at radius 1 is 1.44 bits per heavy atom. The Balaban J connectivity index is 2.37. The predicted molar refractivity (Wildman–Crippen MR) is 63.7 cm³/mol. The van der Waals surface area contributed by atoms with Crippen LogP contribution < -0.4 is 0 Å². The Hall–Kier alpha value is -1.32. The topological polar surface area (TPSA) is 38.7 Å². The molecule has 0 spiro atoms. The zero-order chi connectivity index (χ0) is 11.5. The fourth-order valence-corrected chi connectivity index (χ4v) is 1.71. The van der Waals surface area contributed by atoms with E-state index in [1.807, 2.05) is 6.07 Å². The normalized spacial score (nSPS) is 17.5. The van der Waals surface area contributed by atoms with E-state index in [2.05, 4.69) is 9.99 Å². The second-order valence-corrected chi connectivity index (χ2v) is 3.87. The highest BCUT2D eigenvalue weighted by Crippen LogP contribution is 2.18. The molecule has 2 rings (SSSR count). The van der Waals surface area contributed by atoms with E-state index in [1.54, 1.807) is 24.3 Å². The molecule has 0 amide bonds. The van der Waals surface area contributed by atoms with Crippen LogP contribution in [0.4, 0.5) is 0 Å². The van der Waals surface area contributed by atoms with Crippen LogP contribution in [0.5, 0.6) is 0 Å². The summed E-state index contributed by atoms with van der Waals surface area (Å²) in [5.74, 6) is -0.353. The Kier molecular flexibility index (Phi) is 3.27. The third kappa shape index (κ3) is 2.26. The van der Waals surface area contributed by atoms with Crippen LogP contribution in [-0.2, 0) is 9.63 Å². The average Bonchev–Trinajstić information content (AvgIpc) is 2.60. The van der Waals surface area contributed by atoms with Crippen molar-refractivity contribution in [1.29, 1.82) is 0 Å². The quantitative estimate of drug-likeness (QED) is 0.463. The number of nitrogens with zero attached hydrogens (tertiary/aromatic N) is 1. The van der Waals surface area contributed by atoms with E-state index >= 15 is 0 Å². The maximum Gasteiger partial charge on any atom is 0.367 e. The third-order valence-electron chi connectivity index (χ3n) is 2.06. The van der Waals surface area contributed by atoms with Gasteiger partial charge in [-0.1, -0.05) is 28.9 Å². The molecule has 1 aliphatic heterocycles. The number of halogens is 2. The molecule has 1 heterocycles. The zero-order valence-corrected chi connectivity index (χ0v) is 9.63. The van der Waals surface area contributed by atoms with Gasteiger partial charge in [0, 0.05) is 5.02 Å². The number of benzene rings is 1. The number of hydrogen-bond acceptors (Lipinski definition) is 3. The summed E-state index contributed by atoms with van der Waals surface area (Å²) < 4.78 is 0. The molecule has 0 atom stereocenters. The molecule has 1 aliphatic rings. The van der Waals surface area contributed by atoms with Crippen molar-refractivity contribution >= 4 is 41.0 Å². The van der Waals surface area contributed by atoms with Crippen LogP contribution in [0.3, 0.4) is 0 Å². The highest BCUT2D eigenvalue weighted by atomic mass is 35.5. The second kappa shape index (κ2) is 4.68. The van der Waals surface area contributed by atoms with Gasteiger partial charge in [0.05, 0.1) is 11.5 Å². The van der Waals surface area contributed by atoms with Gasteiger partial charge in [-0.3, -0.25) is 0 Å². The molecule has 0 aliphatic carbocycles. The summed E-state index contributed by atoms with van der Waals surface area (Å²) in [5, 5.41) is 4.17. The first-order valence-electron chi connectivity index (χ1n) is 4.52. The van der Waals surface area contributed by atoms with Crippen LogP contribution in [0.25, 0.3) is 6.08 Å². The minimum absolute atomic E-state index is 0.137. The molecule has 5 heteroatoms. The third-order valence-corrected chi connectivity index (χ3v) is 2.54. The van der Waals surface area contributed by atoms with E-state index in [0.717, 1.165) is 5.56 Å². The lowest BCUT2D eigenvalue weighted by Gasteiger charge is -1.97. The molecule has 0 saturated carbocycles. The van der Waals surface area contributed by atoms with Gasteiger partial charge in [0.15, 0.2) is 0 Å². The Labute approximate surface area is 102 Å². The predicted octanol–water partition coefficient (Wildman–Crippen LogP) is 2.88. The molecule has 0 unspecified atom stereocenters. The van der Waals surface area contributed by atoms with Crippen molar-refractivity contribution in [1.82, 2.24) is 0 Å². The molecular formula is C11H7Cl2NO2. The monoisotopic (exact) mass is 255 g/mol. The fraction of sp³-hybridized carbons (Fsp3) is 0.0909. The lowest BCUT2D eigenvalue weighted by atomic mass is 10.1. The van der Waals surface area contributed by atoms with E-state index in [-0.39, 0.29) is 5.88 Å². The smallest absolute Gasteiger partial charge is 0.312 e. The van der Waals surface area contributed by atoms with Crippen molar-refractivity contribution in [3.05, 3.63) is 40.4 Å². The Morgan fingerprint density at radius 2 is 2.25 bits per heavy atom. The van der Waals surface area contributed by atoms with Crippen LogP contribution >= 0.6 is 23.2 Å². The van der Waals surface area contributed by atoms with E-state index in [1.165, 1.54) is 0 Å². The lowest BCUT2D eigenvalue weighted by molar-refractivity contribution is -0.136. The Bertz CT molecular complexity index is 495. The highest BCUT2D eigenvalue weighted by Gasteiger charge is 2.24. The minimum atomic E-state index is -0.490. The molecule has 0 saturated heterocycles. The number of oxime groups is 1. The molecule has 0 bridgehead atoms. The van der Waals surface area contributed by atoms with Crippen molar-refractivity contribution in [2.75, 3.05) is 5.88 Å². The van der Waals surface area contributed by atoms with Crippen molar-refractivity contribution < 1.29 is 9.63 Å². The number of hydrogen-bond donors (Lipinski definition) is 0. The van der Waals surface area contributed by atoms with Gasteiger partial charge < -0.3 is 4.84 Å². The maximum absolute atomic E-state index is 11.3. The zero-order valence-electron chi connectivity index (χ0n) is 8.11. The number of rotatable bonds is 2. The van der Waals surface area contributed by atoms with Gasteiger partial charge in [-0.2, -0.15) is 0 Å². The summed E-state index contributed by atoms with van der Waals surface area (Å²) in [6.45, 7) is 0. The molecule has 0 fully saturated rings. The molecule has 0 radical (unpaired) electrons. The van der Waals surface area contributed by atoms with Gasteiger partial charge in [0.2, 0.25) is 0 Å². The number of alkyl halides is 1. The van der Waals surface area contributed by atoms with Crippen molar-refractivity contribution in [2.45, 2.75) is 0 Å². The van der Waals surface area contributed by atoms with Crippen LogP contribution in [0.15, 0.2) is 35.0 Å². The molecule has 0 N–H and O–H groups in total. The van der Waals surface area contributed by atoms with E-state index < -0.39 is 5.97 Å². The average molecular weight is 256 g/mol. The molecule has 1 aromatic carbocycles. The molecular weight excluding hydrogens is 249 g/mol. The summed E-state index contributed by atoms with van der Waals surface area (Å²) in [7, 11) is 0. The minimum Gasteiger partial charge on any atom is -0.312 e. The summed E-state index contributed by atoms with van der Waals surface area (Å²) in [6, 6.07) is 7.13. The van der Waals surface area contributed by atoms with Gasteiger partial charge >= 0.3 is 5.97 Å². The standard InChI is InChI=1S/C11H7Cl2NO2/c12-6-10-9(11(15)16-14-10)5-7-2-1-3-8(13)4-7/h1-5H,6H2. The first-order valence-corrected chi connectivity index (χ1v) is 5.44. The van der Waals surface area contributed by atoms with Gasteiger partial charge in [0.25, 0.3) is 0 Å². The summed E-state index contributed by atoms with van der Waals surface area (Å²) in [6.07, 6.45) is 1.66. The number of carbonyl (C=O) groups is 1. The molecule has 16 heavy (non-hydrogen) atoms. The van der Waals surface area contributed by atoms with Crippen LogP contribution in [0.2, 0.25) is 5.02 Å². The summed E-state index contributed by atoms with van der Waals surface area (Å²) in [4.78, 5) is 15.9. The first-order chi connectivity index (χ1) is 7.70.